The Balaban J connectivity index is 1.35. The monoisotopic (exact) mass is 380 g/mol. The van der Waals surface area contributed by atoms with Gasteiger partial charge in [-0.05, 0) is 34.6 Å². The van der Waals surface area contributed by atoms with E-state index in [9.17, 15) is 4.79 Å². The van der Waals surface area contributed by atoms with E-state index >= 15 is 0 Å². The van der Waals surface area contributed by atoms with Crippen LogP contribution in [-0.4, -0.2) is 30.1 Å². The second-order valence-corrected chi connectivity index (χ2v) is 8.28. The summed E-state index contributed by atoms with van der Waals surface area (Å²) in [7, 11) is 0. The Labute approximate surface area is 163 Å². The molecule has 1 fully saturated rings. The van der Waals surface area contributed by atoms with Gasteiger partial charge in [-0.15, -0.1) is 11.3 Å². The number of ether oxygens (including phenoxy) is 1. The zero-order chi connectivity index (χ0) is 18.8. The molecule has 0 saturated carbocycles. The number of nitrogens with zero attached hydrogens (tertiary/aromatic N) is 2. The molecule has 1 aliphatic rings. The summed E-state index contributed by atoms with van der Waals surface area (Å²) >= 11 is 1.65. The van der Waals surface area contributed by atoms with E-state index in [4.69, 9.17) is 4.74 Å². The zero-order valence-electron chi connectivity index (χ0n) is 15.7. The van der Waals surface area contributed by atoms with E-state index in [2.05, 4.69) is 53.4 Å². The Bertz CT molecular complexity index is 933. The Morgan fingerprint density at radius 1 is 1.26 bits per heavy atom. The number of hydrogen-bond acceptors (Lipinski definition) is 5. The van der Waals surface area contributed by atoms with Crippen LogP contribution < -0.4 is 4.90 Å². The number of esters is 1. The molecular formula is C22H24N2O2S. The molecule has 0 spiro atoms. The van der Waals surface area contributed by atoms with Gasteiger partial charge in [-0.2, -0.15) is 0 Å². The number of hydrogen-bond donors (Lipinski definition) is 0. The number of thiophene rings is 1. The zero-order valence-corrected chi connectivity index (χ0v) is 16.5. The maximum Gasteiger partial charge on any atom is 0.310 e. The first-order valence-corrected chi connectivity index (χ1v) is 10.3. The summed E-state index contributed by atoms with van der Waals surface area (Å²) in [5, 5.41) is 3.25. The molecule has 1 saturated heterocycles. The van der Waals surface area contributed by atoms with Crippen LogP contribution in [0, 0.1) is 0 Å². The molecule has 0 bridgehead atoms. The van der Waals surface area contributed by atoms with E-state index in [-0.39, 0.29) is 12.1 Å². The summed E-state index contributed by atoms with van der Waals surface area (Å²) in [6.45, 7) is 5.98. The Kier molecular flexibility index (Phi) is 5.12. The van der Waals surface area contributed by atoms with Crippen LogP contribution in [-0.2, 0) is 16.0 Å². The quantitative estimate of drug-likeness (QED) is 0.597. The lowest BCUT2D eigenvalue weighted by molar-refractivity contribution is -0.147. The Morgan fingerprint density at radius 2 is 2.07 bits per heavy atom. The largest absolute Gasteiger partial charge is 0.460 e. The number of aromatic nitrogens is 1. The number of rotatable bonds is 5. The van der Waals surface area contributed by atoms with E-state index in [0.29, 0.717) is 12.3 Å². The van der Waals surface area contributed by atoms with E-state index in [1.807, 2.05) is 18.3 Å². The van der Waals surface area contributed by atoms with Gasteiger partial charge in [0.2, 0.25) is 0 Å². The fourth-order valence-corrected chi connectivity index (χ4v) is 4.35. The predicted molar refractivity (Wildman–Crippen MR) is 111 cm³/mol. The van der Waals surface area contributed by atoms with Crippen molar-refractivity contribution in [2.75, 3.05) is 18.0 Å². The minimum absolute atomic E-state index is 0.0470. The molecule has 5 heteroatoms. The van der Waals surface area contributed by atoms with Gasteiger partial charge in [-0.1, -0.05) is 38.1 Å². The third-order valence-corrected chi connectivity index (χ3v) is 5.94. The van der Waals surface area contributed by atoms with Gasteiger partial charge in [0.15, 0.2) is 0 Å². The number of carbonyl (C=O) groups is 1. The molecular weight excluding hydrogens is 356 g/mol. The van der Waals surface area contributed by atoms with Crippen molar-refractivity contribution in [2.24, 2.45) is 0 Å². The van der Waals surface area contributed by atoms with Crippen LogP contribution in [0.2, 0.25) is 0 Å². The minimum atomic E-state index is -0.144. The smallest absolute Gasteiger partial charge is 0.310 e. The molecule has 4 rings (SSSR count). The fourth-order valence-electron chi connectivity index (χ4n) is 3.60. The van der Waals surface area contributed by atoms with E-state index in [1.165, 1.54) is 16.6 Å². The molecule has 1 atom stereocenters. The Hall–Kier alpha value is -2.40. The lowest BCUT2D eigenvalue weighted by atomic mass is 10.0. The summed E-state index contributed by atoms with van der Waals surface area (Å²) in [6.07, 6.45) is 3.01. The number of anilines is 1. The van der Waals surface area contributed by atoms with E-state index in [0.717, 1.165) is 29.9 Å². The van der Waals surface area contributed by atoms with Crippen LogP contribution >= 0.6 is 11.3 Å². The van der Waals surface area contributed by atoms with Crippen molar-refractivity contribution >= 4 is 33.2 Å². The third kappa shape index (κ3) is 3.98. The van der Waals surface area contributed by atoms with Crippen molar-refractivity contribution in [3.05, 3.63) is 59.1 Å². The van der Waals surface area contributed by atoms with Crippen LogP contribution in [0.25, 0.3) is 10.2 Å². The average Bonchev–Trinajstić information content (AvgIpc) is 3.31. The normalized spacial score (nSPS) is 17.0. The summed E-state index contributed by atoms with van der Waals surface area (Å²) in [4.78, 5) is 20.1. The number of carbonyl (C=O) groups excluding carboxylic acids is 1. The van der Waals surface area contributed by atoms with Crippen molar-refractivity contribution in [3.63, 3.8) is 0 Å². The molecule has 3 aromatic rings. The molecule has 1 aromatic carbocycles. The molecule has 1 aliphatic heterocycles. The van der Waals surface area contributed by atoms with Gasteiger partial charge in [0.1, 0.15) is 10.9 Å². The highest BCUT2D eigenvalue weighted by atomic mass is 32.1. The van der Waals surface area contributed by atoms with Crippen molar-refractivity contribution in [1.82, 2.24) is 4.98 Å². The van der Waals surface area contributed by atoms with Gasteiger partial charge in [-0.25, -0.2) is 4.98 Å². The van der Waals surface area contributed by atoms with Gasteiger partial charge in [-0.3, -0.25) is 4.79 Å². The van der Waals surface area contributed by atoms with Crippen LogP contribution in [0.5, 0.6) is 0 Å². The van der Waals surface area contributed by atoms with Crippen molar-refractivity contribution in [3.8, 4) is 0 Å². The van der Waals surface area contributed by atoms with Crippen molar-refractivity contribution in [2.45, 2.75) is 38.7 Å². The van der Waals surface area contributed by atoms with E-state index in [1.54, 1.807) is 11.3 Å². The number of benzene rings is 1. The maximum absolute atomic E-state index is 12.4. The maximum atomic E-state index is 12.4. The predicted octanol–water partition coefficient (Wildman–Crippen LogP) is 4.78. The topological polar surface area (TPSA) is 42.4 Å². The molecule has 0 aliphatic carbocycles. The molecule has 3 heterocycles. The highest BCUT2D eigenvalue weighted by Crippen LogP contribution is 2.31. The molecule has 0 N–H and O–H groups in total. The highest BCUT2D eigenvalue weighted by molar-refractivity contribution is 7.16. The fraction of sp³-hybridized carbons (Fsp3) is 0.364. The van der Waals surface area contributed by atoms with Crippen LogP contribution in [0.1, 0.15) is 37.3 Å². The SMILES string of the molecule is CC(C)c1ccc(CC(=O)OC2CCN(c3ccnc4sccc34)C2)cc1. The number of pyridine rings is 1. The van der Waals surface area contributed by atoms with Crippen LogP contribution in [0.15, 0.2) is 48.0 Å². The second kappa shape index (κ2) is 7.69. The average molecular weight is 381 g/mol. The van der Waals surface area contributed by atoms with Gasteiger partial charge >= 0.3 is 5.97 Å². The third-order valence-electron chi connectivity index (χ3n) is 5.12. The minimum Gasteiger partial charge on any atom is -0.460 e. The van der Waals surface area contributed by atoms with Gasteiger partial charge < -0.3 is 9.64 Å². The standard InChI is InChI=1S/C22H24N2O2S/c1-15(2)17-5-3-16(4-6-17)13-21(25)26-18-8-11-24(14-18)20-7-10-23-22-19(20)9-12-27-22/h3-7,9-10,12,15,18H,8,11,13-14H2,1-2H3. The van der Waals surface area contributed by atoms with Crippen molar-refractivity contribution < 1.29 is 9.53 Å². The van der Waals surface area contributed by atoms with Gasteiger partial charge in [0, 0.05) is 30.2 Å². The lowest BCUT2D eigenvalue weighted by Crippen LogP contribution is -2.25. The molecule has 4 nitrogen and oxygen atoms in total. The highest BCUT2D eigenvalue weighted by Gasteiger charge is 2.27. The van der Waals surface area contributed by atoms with E-state index < -0.39 is 0 Å². The van der Waals surface area contributed by atoms with Crippen molar-refractivity contribution in [1.29, 1.82) is 0 Å². The molecule has 0 amide bonds. The molecule has 140 valence electrons. The molecule has 1 unspecified atom stereocenters. The van der Waals surface area contributed by atoms with Gasteiger partial charge in [0.25, 0.3) is 0 Å². The van der Waals surface area contributed by atoms with Gasteiger partial charge in [0.05, 0.1) is 13.0 Å². The van der Waals surface area contributed by atoms with Crippen LogP contribution in [0.3, 0.4) is 0 Å². The lowest BCUT2D eigenvalue weighted by Gasteiger charge is -2.19. The van der Waals surface area contributed by atoms with Crippen LogP contribution in [0.4, 0.5) is 5.69 Å². The molecule has 27 heavy (non-hydrogen) atoms. The second-order valence-electron chi connectivity index (χ2n) is 7.39. The summed E-state index contributed by atoms with van der Waals surface area (Å²) in [5.74, 6) is 0.355. The summed E-state index contributed by atoms with van der Waals surface area (Å²) < 4.78 is 5.74. The Morgan fingerprint density at radius 3 is 2.85 bits per heavy atom. The molecule has 2 aromatic heterocycles. The summed E-state index contributed by atoms with van der Waals surface area (Å²) in [5.41, 5.74) is 3.48. The number of fused-ring (bicyclic) bond motifs is 1. The molecule has 0 radical (unpaired) electrons. The summed E-state index contributed by atoms with van der Waals surface area (Å²) in [6, 6.07) is 12.4. The first kappa shape index (κ1) is 18.0. The first-order valence-electron chi connectivity index (χ1n) is 9.45. The first-order chi connectivity index (χ1) is 13.1.